The van der Waals surface area contributed by atoms with Crippen LogP contribution in [0.5, 0.6) is 0 Å². The molecule has 1 saturated carbocycles. The van der Waals surface area contributed by atoms with Crippen molar-refractivity contribution < 1.29 is 13.2 Å². The van der Waals surface area contributed by atoms with Crippen LogP contribution in [0.25, 0.3) is 0 Å². The summed E-state index contributed by atoms with van der Waals surface area (Å²) in [4.78, 5) is 18.5. The quantitative estimate of drug-likeness (QED) is 0.809. The second-order valence-corrected chi connectivity index (χ2v) is 10.8. The molecule has 0 radical (unpaired) electrons. The lowest BCUT2D eigenvalue weighted by Crippen LogP contribution is -2.37. The molecular weight excluding hydrogens is 356 g/mol. The van der Waals surface area contributed by atoms with Gasteiger partial charge in [0.05, 0.1) is 17.5 Å². The van der Waals surface area contributed by atoms with E-state index in [1.807, 2.05) is 17.0 Å². The first kappa shape index (κ1) is 17.1. The zero-order valence-electron chi connectivity index (χ0n) is 14.4. The maximum atomic E-state index is 12.2. The summed E-state index contributed by atoms with van der Waals surface area (Å²) in [6.45, 7) is 4.28. The van der Waals surface area contributed by atoms with Crippen LogP contribution >= 0.6 is 11.8 Å². The SMILES string of the molecule is CC(C)c1ccc(N2C(=NC(=O)C3CC3)S[C@H]3CS(=O)(=O)C[C@@H]32)cc1. The van der Waals surface area contributed by atoms with E-state index in [4.69, 9.17) is 0 Å². The van der Waals surface area contributed by atoms with Gasteiger partial charge in [-0.3, -0.25) is 4.79 Å². The van der Waals surface area contributed by atoms with E-state index in [9.17, 15) is 13.2 Å². The Morgan fingerprint density at radius 3 is 2.48 bits per heavy atom. The summed E-state index contributed by atoms with van der Waals surface area (Å²) in [5, 5.41) is 0.625. The van der Waals surface area contributed by atoms with E-state index >= 15 is 0 Å². The van der Waals surface area contributed by atoms with E-state index in [1.54, 1.807) is 0 Å². The van der Waals surface area contributed by atoms with Crippen LogP contribution in [0.4, 0.5) is 5.69 Å². The number of rotatable bonds is 3. The van der Waals surface area contributed by atoms with Gasteiger partial charge in [-0.1, -0.05) is 37.7 Å². The topological polar surface area (TPSA) is 66.8 Å². The van der Waals surface area contributed by atoms with Crippen molar-refractivity contribution in [2.45, 2.75) is 43.9 Å². The van der Waals surface area contributed by atoms with E-state index in [-0.39, 0.29) is 34.6 Å². The molecule has 2 heterocycles. The summed E-state index contributed by atoms with van der Waals surface area (Å²) in [6.07, 6.45) is 1.84. The lowest BCUT2D eigenvalue weighted by molar-refractivity contribution is -0.118. The van der Waals surface area contributed by atoms with Crippen LogP contribution < -0.4 is 4.90 Å². The Balaban J connectivity index is 1.69. The molecule has 1 aromatic carbocycles. The fourth-order valence-electron chi connectivity index (χ4n) is 3.40. The number of carbonyl (C=O) groups excluding carboxylic acids is 1. The predicted molar refractivity (Wildman–Crippen MR) is 102 cm³/mol. The zero-order chi connectivity index (χ0) is 17.8. The first-order valence-corrected chi connectivity index (χ1v) is 11.4. The summed E-state index contributed by atoms with van der Waals surface area (Å²) in [5.74, 6) is 0.745. The average molecular weight is 379 g/mol. The number of amidine groups is 1. The predicted octanol–water partition coefficient (Wildman–Crippen LogP) is 2.82. The monoisotopic (exact) mass is 378 g/mol. The van der Waals surface area contributed by atoms with Gasteiger partial charge in [0, 0.05) is 16.9 Å². The standard InChI is InChI=1S/C18H22N2O3S2/c1-11(2)12-5-7-14(8-6-12)20-15-9-25(22,23)10-16(15)24-18(20)19-17(21)13-3-4-13/h5-8,11,13,15-16H,3-4,9-10H2,1-2H3/t15-,16-/m0/s1. The van der Waals surface area contributed by atoms with Gasteiger partial charge in [0.2, 0.25) is 0 Å². The van der Waals surface area contributed by atoms with Crippen molar-refractivity contribution in [2.24, 2.45) is 10.9 Å². The Kier molecular flexibility index (Phi) is 4.19. The van der Waals surface area contributed by atoms with Crippen LogP contribution in [-0.4, -0.2) is 42.3 Å². The molecule has 2 aliphatic heterocycles. The van der Waals surface area contributed by atoms with E-state index in [0.717, 1.165) is 18.5 Å². The average Bonchev–Trinajstić information content (AvgIpc) is 3.28. The molecule has 2 saturated heterocycles. The van der Waals surface area contributed by atoms with Crippen molar-refractivity contribution in [2.75, 3.05) is 16.4 Å². The van der Waals surface area contributed by atoms with E-state index in [0.29, 0.717) is 11.1 Å². The maximum Gasteiger partial charge on any atom is 0.251 e. The second-order valence-electron chi connectivity index (χ2n) is 7.42. The Morgan fingerprint density at radius 1 is 1.20 bits per heavy atom. The largest absolute Gasteiger partial charge is 0.316 e. The Morgan fingerprint density at radius 2 is 1.88 bits per heavy atom. The van der Waals surface area contributed by atoms with Crippen molar-refractivity contribution in [3.63, 3.8) is 0 Å². The molecule has 1 aromatic rings. The van der Waals surface area contributed by atoms with Gasteiger partial charge < -0.3 is 4.90 Å². The molecule has 7 heteroatoms. The molecule has 134 valence electrons. The van der Waals surface area contributed by atoms with Crippen LogP contribution in [0.2, 0.25) is 0 Å². The molecule has 1 aliphatic carbocycles. The van der Waals surface area contributed by atoms with E-state index in [1.165, 1.54) is 17.3 Å². The first-order chi connectivity index (χ1) is 11.8. The minimum absolute atomic E-state index is 0.0412. The van der Waals surface area contributed by atoms with Gasteiger partial charge in [-0.2, -0.15) is 4.99 Å². The van der Waals surface area contributed by atoms with Gasteiger partial charge in [0.25, 0.3) is 5.91 Å². The van der Waals surface area contributed by atoms with Crippen LogP contribution in [0.3, 0.4) is 0 Å². The van der Waals surface area contributed by atoms with Gasteiger partial charge in [0.15, 0.2) is 15.0 Å². The number of thioether (sulfide) groups is 1. The minimum Gasteiger partial charge on any atom is -0.316 e. The van der Waals surface area contributed by atoms with Crippen molar-refractivity contribution in [1.82, 2.24) is 0 Å². The van der Waals surface area contributed by atoms with Crippen molar-refractivity contribution in [1.29, 1.82) is 0 Å². The van der Waals surface area contributed by atoms with Gasteiger partial charge >= 0.3 is 0 Å². The number of anilines is 1. The maximum absolute atomic E-state index is 12.2. The summed E-state index contributed by atoms with van der Waals surface area (Å²) in [5.41, 5.74) is 2.16. The fourth-order valence-corrected chi connectivity index (χ4v) is 7.32. The number of nitrogens with zero attached hydrogens (tertiary/aromatic N) is 2. The first-order valence-electron chi connectivity index (χ1n) is 8.73. The van der Waals surface area contributed by atoms with Gasteiger partial charge in [-0.25, -0.2) is 8.42 Å². The highest BCUT2D eigenvalue weighted by atomic mass is 32.2. The van der Waals surface area contributed by atoms with Crippen LogP contribution in [0, 0.1) is 5.92 Å². The number of sulfone groups is 1. The lowest BCUT2D eigenvalue weighted by Gasteiger charge is -2.25. The fraction of sp³-hybridized carbons (Fsp3) is 0.556. The highest BCUT2D eigenvalue weighted by Crippen LogP contribution is 2.42. The smallest absolute Gasteiger partial charge is 0.251 e. The number of fused-ring (bicyclic) bond motifs is 1. The third-order valence-corrected chi connectivity index (χ3v) is 8.25. The van der Waals surface area contributed by atoms with Crippen LogP contribution in [-0.2, 0) is 14.6 Å². The normalized spacial score (nSPS) is 29.4. The van der Waals surface area contributed by atoms with Crippen molar-refractivity contribution >= 4 is 38.4 Å². The van der Waals surface area contributed by atoms with Gasteiger partial charge in [0.1, 0.15) is 0 Å². The Hall–Kier alpha value is -1.34. The summed E-state index contributed by atoms with van der Waals surface area (Å²) in [7, 11) is -3.03. The third kappa shape index (κ3) is 3.36. The Labute approximate surface area is 152 Å². The molecule has 25 heavy (non-hydrogen) atoms. The molecule has 0 bridgehead atoms. The number of carbonyl (C=O) groups is 1. The number of hydrogen-bond donors (Lipinski definition) is 0. The van der Waals surface area contributed by atoms with E-state index < -0.39 is 9.84 Å². The summed E-state index contributed by atoms with van der Waals surface area (Å²) in [6, 6.07) is 8.04. The molecule has 3 fully saturated rings. The lowest BCUT2D eigenvalue weighted by atomic mass is 10.0. The second kappa shape index (κ2) is 6.13. The molecule has 3 aliphatic rings. The van der Waals surface area contributed by atoms with Crippen molar-refractivity contribution in [3.05, 3.63) is 29.8 Å². The molecule has 4 rings (SSSR count). The molecule has 2 atom stereocenters. The highest BCUT2D eigenvalue weighted by molar-refractivity contribution is 8.16. The van der Waals surface area contributed by atoms with Crippen LogP contribution in [0.15, 0.2) is 29.3 Å². The molecule has 1 amide bonds. The molecule has 5 nitrogen and oxygen atoms in total. The molecule has 0 N–H and O–H groups in total. The van der Waals surface area contributed by atoms with Crippen LogP contribution in [0.1, 0.15) is 38.2 Å². The summed E-state index contributed by atoms with van der Waals surface area (Å²) >= 11 is 1.45. The van der Waals surface area contributed by atoms with Gasteiger partial charge in [-0.05, 0) is 36.5 Å². The molecule has 0 spiro atoms. The van der Waals surface area contributed by atoms with Crippen molar-refractivity contribution in [3.8, 4) is 0 Å². The summed E-state index contributed by atoms with van der Waals surface area (Å²) < 4.78 is 24.1. The number of hydrogen-bond acceptors (Lipinski definition) is 4. The number of aliphatic imine (C=N–C) groups is 1. The third-order valence-electron chi connectivity index (χ3n) is 5.04. The zero-order valence-corrected chi connectivity index (χ0v) is 16.0. The highest BCUT2D eigenvalue weighted by Gasteiger charge is 2.49. The number of amides is 1. The molecule has 0 aromatic heterocycles. The minimum atomic E-state index is -3.03. The molecule has 0 unspecified atom stereocenters. The molecular formula is C18H22N2O3S2. The Bertz CT molecular complexity index is 826. The van der Waals surface area contributed by atoms with E-state index in [2.05, 4.69) is 31.0 Å². The number of benzene rings is 1. The van der Waals surface area contributed by atoms with Gasteiger partial charge in [-0.15, -0.1) is 0 Å².